The molecular weight excluding hydrogens is 474 g/mol. The van der Waals surface area contributed by atoms with Crippen LogP contribution in [0.25, 0.3) is 5.76 Å². The summed E-state index contributed by atoms with van der Waals surface area (Å²) in [7, 11) is 1.53. The monoisotopic (exact) mass is 501 g/mol. The summed E-state index contributed by atoms with van der Waals surface area (Å²) in [6.45, 7) is 3.76. The summed E-state index contributed by atoms with van der Waals surface area (Å²) in [5.74, 6) is -1.82. The van der Waals surface area contributed by atoms with Crippen molar-refractivity contribution in [1.29, 1.82) is 0 Å². The maximum atomic E-state index is 13.3. The van der Waals surface area contributed by atoms with Gasteiger partial charge in [-0.05, 0) is 61.4 Å². The normalized spacial score (nSPS) is 16.8. The average Bonchev–Trinajstić information content (AvgIpc) is 3.14. The van der Waals surface area contributed by atoms with Crippen LogP contribution in [0.3, 0.4) is 0 Å². The second-order valence-corrected chi connectivity index (χ2v) is 8.87. The zero-order valence-electron chi connectivity index (χ0n) is 20.7. The fraction of sp³-hybridized carbons (Fsp3) is 0.207. The highest BCUT2D eigenvalue weighted by atomic mass is 16.5. The van der Waals surface area contributed by atoms with Gasteiger partial charge in [0.2, 0.25) is 0 Å². The van der Waals surface area contributed by atoms with E-state index >= 15 is 0 Å². The molecule has 1 atom stereocenters. The SMILES string of the molecule is COc1ccc(C2/C(=C(/O)c3cccc(OC(C)C)c3)C(=O)C(=O)N2c2ccc(CC(=O)O)cc2)cc1. The van der Waals surface area contributed by atoms with Crippen molar-refractivity contribution in [1.82, 2.24) is 0 Å². The molecule has 1 unspecified atom stereocenters. The van der Waals surface area contributed by atoms with Crippen molar-refractivity contribution in [2.45, 2.75) is 32.4 Å². The van der Waals surface area contributed by atoms with Crippen LogP contribution < -0.4 is 14.4 Å². The van der Waals surface area contributed by atoms with Crippen molar-refractivity contribution in [2.75, 3.05) is 12.0 Å². The number of Topliss-reactive ketones (excluding diaryl/α,β-unsaturated/α-hetero) is 1. The van der Waals surface area contributed by atoms with E-state index in [1.165, 1.54) is 12.0 Å². The van der Waals surface area contributed by atoms with E-state index in [4.69, 9.17) is 14.6 Å². The summed E-state index contributed by atoms with van der Waals surface area (Å²) in [5.41, 5.74) is 1.81. The highest BCUT2D eigenvalue weighted by Crippen LogP contribution is 2.42. The summed E-state index contributed by atoms with van der Waals surface area (Å²) in [6.07, 6.45) is -0.262. The van der Waals surface area contributed by atoms with E-state index in [1.54, 1.807) is 72.8 Å². The number of anilines is 1. The predicted octanol–water partition coefficient (Wildman–Crippen LogP) is 4.74. The lowest BCUT2D eigenvalue weighted by Gasteiger charge is -2.25. The molecule has 3 aromatic carbocycles. The van der Waals surface area contributed by atoms with Crippen LogP contribution in [-0.2, 0) is 20.8 Å². The molecule has 2 N–H and O–H groups in total. The molecule has 0 radical (unpaired) electrons. The second-order valence-electron chi connectivity index (χ2n) is 8.87. The lowest BCUT2D eigenvalue weighted by atomic mass is 9.95. The molecule has 190 valence electrons. The molecule has 37 heavy (non-hydrogen) atoms. The maximum absolute atomic E-state index is 13.3. The number of carbonyl (C=O) groups excluding carboxylic acids is 2. The lowest BCUT2D eigenvalue weighted by molar-refractivity contribution is -0.136. The van der Waals surface area contributed by atoms with Crippen molar-refractivity contribution >= 4 is 29.1 Å². The first kappa shape index (κ1) is 25.5. The van der Waals surface area contributed by atoms with E-state index in [-0.39, 0.29) is 23.9 Å². The van der Waals surface area contributed by atoms with E-state index in [1.807, 2.05) is 13.8 Å². The quantitative estimate of drug-likeness (QED) is 0.260. The smallest absolute Gasteiger partial charge is 0.307 e. The van der Waals surface area contributed by atoms with Gasteiger partial charge in [0.15, 0.2) is 0 Å². The Morgan fingerprint density at radius 1 is 0.946 bits per heavy atom. The van der Waals surface area contributed by atoms with Crippen molar-refractivity contribution in [3.8, 4) is 11.5 Å². The maximum Gasteiger partial charge on any atom is 0.307 e. The Morgan fingerprint density at radius 3 is 2.22 bits per heavy atom. The highest BCUT2D eigenvalue weighted by molar-refractivity contribution is 6.51. The number of rotatable bonds is 8. The Kier molecular flexibility index (Phi) is 7.29. The molecule has 0 spiro atoms. The van der Waals surface area contributed by atoms with Gasteiger partial charge in [0.1, 0.15) is 17.3 Å². The summed E-state index contributed by atoms with van der Waals surface area (Å²) in [6, 6.07) is 19.0. The number of carboxylic acid groups (broad SMARTS) is 1. The molecule has 8 nitrogen and oxygen atoms in total. The molecule has 4 rings (SSSR count). The van der Waals surface area contributed by atoms with Crippen molar-refractivity contribution in [3.05, 3.63) is 95.1 Å². The minimum Gasteiger partial charge on any atom is -0.507 e. The van der Waals surface area contributed by atoms with Crippen LogP contribution in [0.1, 0.15) is 36.6 Å². The molecule has 1 amide bonds. The largest absolute Gasteiger partial charge is 0.507 e. The Balaban J connectivity index is 1.85. The van der Waals surface area contributed by atoms with Gasteiger partial charge in [-0.1, -0.05) is 36.4 Å². The number of aliphatic hydroxyl groups is 1. The molecule has 1 aliphatic rings. The first-order chi connectivity index (χ1) is 17.7. The molecule has 8 heteroatoms. The first-order valence-electron chi connectivity index (χ1n) is 11.7. The van der Waals surface area contributed by atoms with E-state index in [2.05, 4.69) is 0 Å². The molecule has 0 saturated carbocycles. The van der Waals surface area contributed by atoms with E-state index in [0.717, 1.165) is 0 Å². The number of hydrogen-bond donors (Lipinski definition) is 2. The standard InChI is InChI=1S/C29H27NO7/c1-17(2)37-23-6-4-5-20(16-23)27(33)25-26(19-9-13-22(36-3)14-10-19)30(29(35)28(25)34)21-11-7-18(8-12-21)15-24(31)32/h4-14,16-17,26,33H,15H2,1-3H3,(H,31,32)/b27-25-. The first-order valence-corrected chi connectivity index (χ1v) is 11.7. The molecular formula is C29H27NO7. The number of benzene rings is 3. The number of amides is 1. The fourth-order valence-corrected chi connectivity index (χ4v) is 4.29. The predicted molar refractivity (Wildman–Crippen MR) is 138 cm³/mol. The molecule has 1 saturated heterocycles. The number of ketones is 1. The molecule has 1 fully saturated rings. The Morgan fingerprint density at radius 2 is 1.62 bits per heavy atom. The number of nitrogens with zero attached hydrogens (tertiary/aromatic N) is 1. The van der Waals surface area contributed by atoms with Crippen molar-refractivity contribution in [2.24, 2.45) is 0 Å². The van der Waals surface area contributed by atoms with Gasteiger partial charge in [0.25, 0.3) is 11.7 Å². The topological polar surface area (TPSA) is 113 Å². The van der Waals surface area contributed by atoms with Gasteiger partial charge in [0, 0.05) is 11.3 Å². The molecule has 0 aliphatic carbocycles. The number of carboxylic acids is 1. The van der Waals surface area contributed by atoms with Gasteiger partial charge < -0.3 is 19.7 Å². The number of ether oxygens (including phenoxy) is 2. The number of methoxy groups -OCH3 is 1. The van der Waals surface area contributed by atoms with Crippen molar-refractivity contribution in [3.63, 3.8) is 0 Å². The molecule has 1 heterocycles. The summed E-state index contributed by atoms with van der Waals surface area (Å²) in [4.78, 5) is 39.0. The number of aliphatic hydroxyl groups excluding tert-OH is 1. The van der Waals surface area contributed by atoms with Crippen LogP contribution in [0.5, 0.6) is 11.5 Å². The second kappa shape index (κ2) is 10.6. The van der Waals surface area contributed by atoms with Crippen LogP contribution in [0, 0.1) is 0 Å². The van der Waals surface area contributed by atoms with E-state index < -0.39 is 23.7 Å². The highest BCUT2D eigenvalue weighted by Gasteiger charge is 2.47. The Labute approximate surface area is 214 Å². The molecule has 0 bridgehead atoms. The molecule has 1 aliphatic heterocycles. The van der Waals surface area contributed by atoms with Gasteiger partial charge in [-0.15, -0.1) is 0 Å². The van der Waals surface area contributed by atoms with E-state index in [0.29, 0.717) is 33.9 Å². The lowest BCUT2D eigenvalue weighted by Crippen LogP contribution is -2.29. The molecule has 3 aromatic rings. The summed E-state index contributed by atoms with van der Waals surface area (Å²) < 4.78 is 11.0. The van der Waals surface area contributed by atoms with E-state index in [9.17, 15) is 19.5 Å². The minimum absolute atomic E-state index is 0.0634. The van der Waals surface area contributed by atoms with Crippen LogP contribution in [0.4, 0.5) is 5.69 Å². The third-order valence-corrected chi connectivity index (χ3v) is 5.93. The Hall–Kier alpha value is -4.59. The Bertz CT molecular complexity index is 1360. The van der Waals surface area contributed by atoms with Gasteiger partial charge in [-0.2, -0.15) is 0 Å². The van der Waals surface area contributed by atoms with Gasteiger partial charge in [-0.25, -0.2) is 0 Å². The van der Waals surface area contributed by atoms with Gasteiger partial charge >= 0.3 is 5.97 Å². The zero-order chi connectivity index (χ0) is 26.7. The van der Waals surface area contributed by atoms with Crippen LogP contribution in [-0.4, -0.2) is 41.1 Å². The average molecular weight is 502 g/mol. The fourth-order valence-electron chi connectivity index (χ4n) is 4.29. The van der Waals surface area contributed by atoms with Crippen molar-refractivity contribution < 1.29 is 34.1 Å². The van der Waals surface area contributed by atoms with Gasteiger partial charge in [-0.3, -0.25) is 19.3 Å². The minimum atomic E-state index is -0.977. The summed E-state index contributed by atoms with van der Waals surface area (Å²) in [5, 5.41) is 20.4. The third kappa shape index (κ3) is 5.33. The van der Waals surface area contributed by atoms with Gasteiger partial charge in [0.05, 0.1) is 31.2 Å². The number of carbonyl (C=O) groups is 3. The van der Waals surface area contributed by atoms with Crippen LogP contribution in [0.2, 0.25) is 0 Å². The number of aliphatic carboxylic acids is 1. The zero-order valence-corrected chi connectivity index (χ0v) is 20.7. The molecule has 0 aromatic heterocycles. The van der Waals surface area contributed by atoms with Crippen LogP contribution >= 0.6 is 0 Å². The summed E-state index contributed by atoms with van der Waals surface area (Å²) >= 11 is 0. The number of hydrogen-bond acceptors (Lipinski definition) is 6. The third-order valence-electron chi connectivity index (χ3n) is 5.93. The van der Waals surface area contributed by atoms with Crippen LogP contribution in [0.15, 0.2) is 78.4 Å².